The SMILES string of the molecule is Cc1ccnc([C@H](Nc2nc(C)nc3scc(C)c23)C2CC2)n1. The standard InChI is InChI=1S/C17H19N5S/c1-9-8-23-17-13(9)15(20-11(3)21-17)22-14(12-4-5-12)16-18-7-6-10(2)19-16/h6-8,12,14H,4-5H2,1-3H3,(H,20,21,22)/t14-/m1/s1. The molecule has 23 heavy (non-hydrogen) atoms. The maximum absolute atomic E-state index is 4.66. The third-order valence-electron chi connectivity index (χ3n) is 4.21. The summed E-state index contributed by atoms with van der Waals surface area (Å²) >= 11 is 1.67. The number of fused-ring (bicyclic) bond motifs is 1. The van der Waals surface area contributed by atoms with E-state index in [-0.39, 0.29) is 6.04 Å². The number of aromatic nitrogens is 4. The second-order valence-electron chi connectivity index (χ2n) is 6.23. The van der Waals surface area contributed by atoms with E-state index in [0.717, 1.165) is 33.4 Å². The first-order valence-electron chi connectivity index (χ1n) is 7.90. The van der Waals surface area contributed by atoms with Crippen LogP contribution in [0.15, 0.2) is 17.6 Å². The van der Waals surface area contributed by atoms with Gasteiger partial charge in [0.05, 0.1) is 11.4 Å². The third kappa shape index (κ3) is 2.79. The molecule has 1 saturated carbocycles. The van der Waals surface area contributed by atoms with Crippen LogP contribution in [-0.4, -0.2) is 19.9 Å². The molecule has 1 atom stereocenters. The maximum Gasteiger partial charge on any atom is 0.151 e. The summed E-state index contributed by atoms with van der Waals surface area (Å²) in [5, 5.41) is 6.89. The lowest BCUT2D eigenvalue weighted by Crippen LogP contribution is -2.18. The smallest absolute Gasteiger partial charge is 0.151 e. The predicted molar refractivity (Wildman–Crippen MR) is 92.7 cm³/mol. The Hall–Kier alpha value is -2.08. The summed E-state index contributed by atoms with van der Waals surface area (Å²) in [6, 6.07) is 2.05. The molecule has 0 aliphatic heterocycles. The molecule has 3 aromatic heterocycles. The van der Waals surface area contributed by atoms with Crippen LogP contribution < -0.4 is 5.32 Å². The zero-order valence-electron chi connectivity index (χ0n) is 13.5. The number of aryl methyl sites for hydroxylation is 3. The van der Waals surface area contributed by atoms with Crippen LogP contribution in [0.25, 0.3) is 10.2 Å². The van der Waals surface area contributed by atoms with Gasteiger partial charge >= 0.3 is 0 Å². The molecule has 1 N–H and O–H groups in total. The second-order valence-corrected chi connectivity index (χ2v) is 7.09. The van der Waals surface area contributed by atoms with E-state index in [1.807, 2.05) is 26.1 Å². The molecule has 5 nitrogen and oxygen atoms in total. The van der Waals surface area contributed by atoms with Gasteiger partial charge in [-0.05, 0) is 56.5 Å². The summed E-state index contributed by atoms with van der Waals surface area (Å²) in [5.74, 6) is 3.15. The molecule has 1 aliphatic rings. The fourth-order valence-corrected chi connectivity index (χ4v) is 3.85. The maximum atomic E-state index is 4.66. The zero-order valence-corrected chi connectivity index (χ0v) is 14.3. The van der Waals surface area contributed by atoms with E-state index in [9.17, 15) is 0 Å². The van der Waals surface area contributed by atoms with Gasteiger partial charge in [-0.1, -0.05) is 0 Å². The van der Waals surface area contributed by atoms with Crippen LogP contribution in [-0.2, 0) is 0 Å². The summed E-state index contributed by atoms with van der Waals surface area (Å²) < 4.78 is 0. The van der Waals surface area contributed by atoms with E-state index in [4.69, 9.17) is 0 Å². The van der Waals surface area contributed by atoms with Crippen molar-refractivity contribution in [3.8, 4) is 0 Å². The molecule has 0 saturated heterocycles. The van der Waals surface area contributed by atoms with Crippen molar-refractivity contribution >= 4 is 27.4 Å². The summed E-state index contributed by atoms with van der Waals surface area (Å²) in [6.07, 6.45) is 4.26. The molecule has 1 fully saturated rings. The molecule has 0 bridgehead atoms. The van der Waals surface area contributed by atoms with Gasteiger partial charge in [0.1, 0.15) is 16.5 Å². The van der Waals surface area contributed by atoms with Gasteiger partial charge in [-0.25, -0.2) is 19.9 Å². The highest BCUT2D eigenvalue weighted by molar-refractivity contribution is 7.17. The summed E-state index contributed by atoms with van der Waals surface area (Å²) in [5.41, 5.74) is 2.21. The van der Waals surface area contributed by atoms with Crippen molar-refractivity contribution in [3.05, 3.63) is 40.5 Å². The topological polar surface area (TPSA) is 63.6 Å². The highest BCUT2D eigenvalue weighted by Gasteiger charge is 2.35. The number of thiophene rings is 1. The normalized spacial score (nSPS) is 15.8. The van der Waals surface area contributed by atoms with Gasteiger partial charge < -0.3 is 5.32 Å². The van der Waals surface area contributed by atoms with Crippen LogP contribution >= 0.6 is 11.3 Å². The Morgan fingerprint density at radius 2 is 2.00 bits per heavy atom. The van der Waals surface area contributed by atoms with Crippen molar-refractivity contribution in [2.45, 2.75) is 39.7 Å². The fourth-order valence-electron chi connectivity index (χ4n) is 2.88. The Labute approximate surface area is 139 Å². The lowest BCUT2D eigenvalue weighted by atomic mass is 10.1. The van der Waals surface area contributed by atoms with E-state index in [0.29, 0.717) is 5.92 Å². The van der Waals surface area contributed by atoms with Crippen molar-refractivity contribution < 1.29 is 0 Å². The first-order valence-corrected chi connectivity index (χ1v) is 8.78. The Bertz CT molecular complexity index is 869. The molecule has 0 amide bonds. The van der Waals surface area contributed by atoms with Gasteiger partial charge in [-0.2, -0.15) is 0 Å². The van der Waals surface area contributed by atoms with Gasteiger partial charge in [0.2, 0.25) is 0 Å². The van der Waals surface area contributed by atoms with E-state index >= 15 is 0 Å². The number of nitrogens with zero attached hydrogens (tertiary/aromatic N) is 4. The van der Waals surface area contributed by atoms with Gasteiger partial charge in [0.25, 0.3) is 0 Å². The molecule has 3 heterocycles. The quantitative estimate of drug-likeness (QED) is 0.786. The fraction of sp³-hybridized carbons (Fsp3) is 0.412. The minimum atomic E-state index is 0.117. The van der Waals surface area contributed by atoms with Crippen LogP contribution in [0.4, 0.5) is 5.82 Å². The monoisotopic (exact) mass is 325 g/mol. The molecule has 0 spiro atoms. The highest BCUT2D eigenvalue weighted by Crippen LogP contribution is 2.42. The minimum absolute atomic E-state index is 0.117. The molecule has 0 radical (unpaired) electrons. The van der Waals surface area contributed by atoms with E-state index in [2.05, 4.69) is 37.6 Å². The molecule has 1 aliphatic carbocycles. The summed E-state index contributed by atoms with van der Waals surface area (Å²) in [7, 11) is 0. The molecule has 6 heteroatoms. The van der Waals surface area contributed by atoms with E-state index in [1.54, 1.807) is 11.3 Å². The lowest BCUT2D eigenvalue weighted by molar-refractivity contribution is 0.629. The lowest BCUT2D eigenvalue weighted by Gasteiger charge is -2.19. The average Bonchev–Trinajstić information content (AvgIpc) is 3.28. The van der Waals surface area contributed by atoms with Gasteiger partial charge in [0, 0.05) is 11.9 Å². The number of hydrogen-bond acceptors (Lipinski definition) is 6. The van der Waals surface area contributed by atoms with Crippen LogP contribution in [0.3, 0.4) is 0 Å². The minimum Gasteiger partial charge on any atom is -0.359 e. The van der Waals surface area contributed by atoms with Crippen molar-refractivity contribution in [2.75, 3.05) is 5.32 Å². The van der Waals surface area contributed by atoms with Crippen LogP contribution in [0.1, 0.15) is 41.8 Å². The third-order valence-corrected chi connectivity index (χ3v) is 5.20. The summed E-state index contributed by atoms with van der Waals surface area (Å²) in [6.45, 7) is 6.05. The molecular formula is C17H19N5S. The second kappa shape index (κ2) is 5.53. The average molecular weight is 325 g/mol. The molecule has 3 aromatic rings. The molecular weight excluding hydrogens is 306 g/mol. The van der Waals surface area contributed by atoms with Crippen LogP contribution in [0, 0.1) is 26.7 Å². The number of anilines is 1. The molecule has 4 rings (SSSR count). The largest absolute Gasteiger partial charge is 0.359 e. The molecule has 0 unspecified atom stereocenters. The number of hydrogen-bond donors (Lipinski definition) is 1. The molecule has 0 aromatic carbocycles. The Balaban J connectivity index is 1.77. The van der Waals surface area contributed by atoms with Crippen molar-refractivity contribution in [3.63, 3.8) is 0 Å². The summed E-state index contributed by atoms with van der Waals surface area (Å²) in [4.78, 5) is 19.4. The van der Waals surface area contributed by atoms with Crippen LogP contribution in [0.5, 0.6) is 0 Å². The zero-order chi connectivity index (χ0) is 16.0. The van der Waals surface area contributed by atoms with Crippen molar-refractivity contribution in [1.82, 2.24) is 19.9 Å². The first-order chi connectivity index (χ1) is 11.1. The highest BCUT2D eigenvalue weighted by atomic mass is 32.1. The number of rotatable bonds is 4. The van der Waals surface area contributed by atoms with Gasteiger partial charge in [0.15, 0.2) is 5.82 Å². The van der Waals surface area contributed by atoms with Gasteiger partial charge in [-0.3, -0.25) is 0 Å². The van der Waals surface area contributed by atoms with Crippen molar-refractivity contribution in [1.29, 1.82) is 0 Å². The predicted octanol–water partition coefficient (Wildman–Crippen LogP) is 3.97. The van der Waals surface area contributed by atoms with E-state index < -0.39 is 0 Å². The van der Waals surface area contributed by atoms with Crippen LogP contribution in [0.2, 0.25) is 0 Å². The molecule has 118 valence electrons. The van der Waals surface area contributed by atoms with Crippen molar-refractivity contribution in [2.24, 2.45) is 5.92 Å². The van der Waals surface area contributed by atoms with Gasteiger partial charge in [-0.15, -0.1) is 11.3 Å². The Morgan fingerprint density at radius 1 is 1.17 bits per heavy atom. The number of nitrogens with one attached hydrogen (secondary N) is 1. The Kier molecular flexibility index (Phi) is 3.49. The first kappa shape index (κ1) is 14.5. The van der Waals surface area contributed by atoms with E-state index in [1.165, 1.54) is 18.4 Å². The Morgan fingerprint density at radius 3 is 2.74 bits per heavy atom.